The smallest absolute Gasteiger partial charge is 0.304 e. The number of carbonyl (C=O) groups is 1. The van der Waals surface area contributed by atoms with Crippen LogP contribution in [-0.4, -0.2) is 23.7 Å². The van der Waals surface area contributed by atoms with Gasteiger partial charge in [0, 0.05) is 6.04 Å². The molecule has 2 N–H and O–H groups in total. The molecule has 0 aliphatic carbocycles. The Hall–Kier alpha value is -0.570. The lowest BCUT2D eigenvalue weighted by Crippen LogP contribution is -2.33. The SMILES string of the molecule is CCCNC(CC(=O)O)CC(C)C. The van der Waals surface area contributed by atoms with Gasteiger partial charge < -0.3 is 10.4 Å². The van der Waals surface area contributed by atoms with Gasteiger partial charge in [-0.05, 0) is 25.3 Å². The largest absolute Gasteiger partial charge is 0.481 e. The van der Waals surface area contributed by atoms with Crippen molar-refractivity contribution in [2.75, 3.05) is 6.54 Å². The van der Waals surface area contributed by atoms with Crippen molar-refractivity contribution < 1.29 is 9.90 Å². The van der Waals surface area contributed by atoms with Gasteiger partial charge in [0.2, 0.25) is 0 Å². The van der Waals surface area contributed by atoms with Gasteiger partial charge in [0.1, 0.15) is 0 Å². The third-order valence-electron chi connectivity index (χ3n) is 1.86. The van der Waals surface area contributed by atoms with Crippen LogP contribution in [0.3, 0.4) is 0 Å². The van der Waals surface area contributed by atoms with Crippen molar-refractivity contribution in [2.24, 2.45) is 5.92 Å². The quantitative estimate of drug-likeness (QED) is 0.639. The second kappa shape index (κ2) is 6.89. The van der Waals surface area contributed by atoms with E-state index in [1.165, 1.54) is 0 Å². The van der Waals surface area contributed by atoms with Gasteiger partial charge in [-0.3, -0.25) is 4.79 Å². The number of rotatable bonds is 7. The summed E-state index contributed by atoms with van der Waals surface area (Å²) in [5.41, 5.74) is 0. The minimum absolute atomic E-state index is 0.137. The Kier molecular flexibility index (Phi) is 6.59. The average Bonchev–Trinajstić information content (AvgIpc) is 1.98. The molecule has 0 aromatic rings. The van der Waals surface area contributed by atoms with Crippen LogP contribution in [-0.2, 0) is 4.79 Å². The lowest BCUT2D eigenvalue weighted by atomic mass is 10.0. The van der Waals surface area contributed by atoms with Crippen LogP contribution in [0.15, 0.2) is 0 Å². The van der Waals surface area contributed by atoms with Crippen LogP contribution >= 0.6 is 0 Å². The van der Waals surface area contributed by atoms with Gasteiger partial charge in [0.25, 0.3) is 0 Å². The molecule has 3 nitrogen and oxygen atoms in total. The lowest BCUT2D eigenvalue weighted by molar-refractivity contribution is -0.137. The molecule has 0 saturated heterocycles. The van der Waals surface area contributed by atoms with Gasteiger partial charge in [-0.25, -0.2) is 0 Å². The molecule has 78 valence electrons. The summed E-state index contributed by atoms with van der Waals surface area (Å²) in [5.74, 6) is -0.164. The summed E-state index contributed by atoms with van der Waals surface area (Å²) in [6, 6.07) is 0.137. The first-order valence-corrected chi connectivity index (χ1v) is 5.01. The zero-order valence-corrected chi connectivity index (χ0v) is 8.84. The molecule has 3 heteroatoms. The first-order valence-electron chi connectivity index (χ1n) is 5.01. The Morgan fingerprint density at radius 3 is 2.46 bits per heavy atom. The maximum Gasteiger partial charge on any atom is 0.304 e. The normalized spacial score (nSPS) is 13.2. The molecule has 0 aromatic heterocycles. The third kappa shape index (κ3) is 7.78. The molecule has 0 aliphatic heterocycles. The van der Waals surface area contributed by atoms with E-state index in [-0.39, 0.29) is 12.5 Å². The first-order chi connectivity index (χ1) is 6.06. The van der Waals surface area contributed by atoms with E-state index in [9.17, 15) is 4.79 Å². The lowest BCUT2D eigenvalue weighted by Gasteiger charge is -2.18. The fourth-order valence-corrected chi connectivity index (χ4v) is 1.37. The molecule has 0 saturated carbocycles. The maximum atomic E-state index is 10.5. The van der Waals surface area contributed by atoms with Crippen LogP contribution < -0.4 is 5.32 Å². The molecular formula is C10H21NO2. The van der Waals surface area contributed by atoms with E-state index < -0.39 is 5.97 Å². The highest BCUT2D eigenvalue weighted by Crippen LogP contribution is 2.07. The fourth-order valence-electron chi connectivity index (χ4n) is 1.37. The van der Waals surface area contributed by atoms with E-state index in [1.54, 1.807) is 0 Å². The third-order valence-corrected chi connectivity index (χ3v) is 1.86. The van der Waals surface area contributed by atoms with Crippen molar-refractivity contribution in [3.05, 3.63) is 0 Å². The van der Waals surface area contributed by atoms with E-state index in [0.717, 1.165) is 19.4 Å². The van der Waals surface area contributed by atoms with Gasteiger partial charge in [0.15, 0.2) is 0 Å². The molecule has 0 bridgehead atoms. The van der Waals surface area contributed by atoms with E-state index in [2.05, 4.69) is 26.1 Å². The molecule has 0 aromatic carbocycles. The molecule has 0 fully saturated rings. The predicted molar refractivity (Wildman–Crippen MR) is 53.8 cm³/mol. The topological polar surface area (TPSA) is 49.3 Å². The highest BCUT2D eigenvalue weighted by Gasteiger charge is 2.13. The van der Waals surface area contributed by atoms with Gasteiger partial charge in [-0.15, -0.1) is 0 Å². The van der Waals surface area contributed by atoms with Crippen LogP contribution in [0, 0.1) is 5.92 Å². The number of carboxylic acids is 1. The summed E-state index contributed by atoms with van der Waals surface area (Å²) in [6.07, 6.45) is 2.22. The van der Waals surface area contributed by atoms with Crippen molar-refractivity contribution in [1.29, 1.82) is 0 Å². The number of nitrogens with one attached hydrogen (secondary N) is 1. The molecule has 0 aliphatic rings. The second-order valence-electron chi connectivity index (χ2n) is 3.88. The monoisotopic (exact) mass is 187 g/mol. The molecule has 0 rings (SSSR count). The van der Waals surface area contributed by atoms with Crippen molar-refractivity contribution in [3.63, 3.8) is 0 Å². The van der Waals surface area contributed by atoms with Gasteiger partial charge in [-0.2, -0.15) is 0 Å². The summed E-state index contributed by atoms with van der Waals surface area (Å²) in [7, 11) is 0. The zero-order valence-electron chi connectivity index (χ0n) is 8.84. The summed E-state index contributed by atoms with van der Waals surface area (Å²) < 4.78 is 0. The zero-order chi connectivity index (χ0) is 10.3. The number of hydrogen-bond donors (Lipinski definition) is 2. The fraction of sp³-hybridized carbons (Fsp3) is 0.900. The molecule has 0 amide bonds. The summed E-state index contributed by atoms with van der Waals surface area (Å²) in [6.45, 7) is 7.22. The van der Waals surface area contributed by atoms with Gasteiger partial charge in [-0.1, -0.05) is 20.8 Å². The summed E-state index contributed by atoms with van der Waals surface area (Å²) in [5, 5.41) is 11.9. The van der Waals surface area contributed by atoms with Gasteiger partial charge in [0.05, 0.1) is 6.42 Å². The first kappa shape index (κ1) is 12.4. The van der Waals surface area contributed by atoms with Crippen LogP contribution in [0.5, 0.6) is 0 Å². The van der Waals surface area contributed by atoms with Gasteiger partial charge >= 0.3 is 5.97 Å². The standard InChI is InChI=1S/C10H21NO2/c1-4-5-11-9(6-8(2)3)7-10(12)13/h8-9,11H,4-7H2,1-3H3,(H,12,13). The minimum atomic E-state index is -0.714. The van der Waals surface area contributed by atoms with E-state index in [1.807, 2.05) is 0 Å². The Balaban J connectivity index is 3.80. The second-order valence-corrected chi connectivity index (χ2v) is 3.88. The average molecular weight is 187 g/mol. The minimum Gasteiger partial charge on any atom is -0.481 e. The summed E-state index contributed by atoms with van der Waals surface area (Å²) in [4.78, 5) is 10.5. The number of hydrogen-bond acceptors (Lipinski definition) is 2. The Bertz CT molecular complexity index is 146. The predicted octanol–water partition coefficient (Wildman–Crippen LogP) is 1.88. The highest BCUT2D eigenvalue weighted by atomic mass is 16.4. The summed E-state index contributed by atoms with van der Waals surface area (Å²) >= 11 is 0. The maximum absolute atomic E-state index is 10.5. The van der Waals surface area contributed by atoms with Crippen molar-refractivity contribution in [1.82, 2.24) is 5.32 Å². The van der Waals surface area contributed by atoms with Crippen molar-refractivity contribution in [3.8, 4) is 0 Å². The molecule has 0 radical (unpaired) electrons. The number of carboxylic acid groups (broad SMARTS) is 1. The number of aliphatic carboxylic acids is 1. The molecule has 0 spiro atoms. The van der Waals surface area contributed by atoms with Crippen LogP contribution in [0.25, 0.3) is 0 Å². The van der Waals surface area contributed by atoms with Crippen LogP contribution in [0.1, 0.15) is 40.0 Å². The van der Waals surface area contributed by atoms with Crippen molar-refractivity contribution >= 4 is 5.97 Å². The molecule has 1 unspecified atom stereocenters. The molecule has 13 heavy (non-hydrogen) atoms. The Labute approximate surface area is 80.5 Å². The van der Waals surface area contributed by atoms with Crippen LogP contribution in [0.2, 0.25) is 0 Å². The highest BCUT2D eigenvalue weighted by molar-refractivity contribution is 5.67. The van der Waals surface area contributed by atoms with Crippen molar-refractivity contribution in [2.45, 2.75) is 46.1 Å². The Morgan fingerprint density at radius 2 is 2.08 bits per heavy atom. The van der Waals surface area contributed by atoms with E-state index in [4.69, 9.17) is 5.11 Å². The molecular weight excluding hydrogens is 166 g/mol. The molecule has 1 atom stereocenters. The van der Waals surface area contributed by atoms with E-state index >= 15 is 0 Å². The Morgan fingerprint density at radius 1 is 1.46 bits per heavy atom. The molecule has 0 heterocycles. The van der Waals surface area contributed by atoms with E-state index in [0.29, 0.717) is 5.92 Å². The van der Waals surface area contributed by atoms with Crippen LogP contribution in [0.4, 0.5) is 0 Å².